The van der Waals surface area contributed by atoms with Crippen LogP contribution < -0.4 is 25.2 Å². The van der Waals surface area contributed by atoms with Gasteiger partial charge in [0, 0.05) is 29.7 Å². The summed E-state index contributed by atoms with van der Waals surface area (Å²) in [7, 11) is 4.09. The minimum absolute atomic E-state index is 0.0939. The molecule has 0 bridgehead atoms. The van der Waals surface area contributed by atoms with Crippen LogP contribution in [0.1, 0.15) is 15.9 Å². The molecule has 31 heavy (non-hydrogen) atoms. The molecule has 0 spiro atoms. The zero-order valence-corrected chi connectivity index (χ0v) is 17.4. The number of hydrogen-bond acceptors (Lipinski definition) is 8. The Morgan fingerprint density at radius 1 is 1.00 bits per heavy atom. The van der Waals surface area contributed by atoms with Crippen LogP contribution in [0.4, 0.5) is 5.69 Å². The fourth-order valence-corrected chi connectivity index (χ4v) is 2.99. The minimum atomic E-state index is -0.655. The Balaban J connectivity index is 1.78. The molecule has 9 nitrogen and oxygen atoms in total. The van der Waals surface area contributed by atoms with Gasteiger partial charge in [-0.3, -0.25) is 4.79 Å². The molecular weight excluding hydrogens is 406 g/mol. The predicted octanol–water partition coefficient (Wildman–Crippen LogP) is 2.92. The Morgan fingerprint density at radius 3 is 2.39 bits per heavy atom. The quantitative estimate of drug-likeness (QED) is 0.452. The van der Waals surface area contributed by atoms with E-state index in [-0.39, 0.29) is 17.9 Å². The van der Waals surface area contributed by atoms with Crippen LogP contribution in [0, 0.1) is 6.92 Å². The molecule has 0 aliphatic heterocycles. The van der Waals surface area contributed by atoms with Gasteiger partial charge in [-0.2, -0.15) is 0 Å². The lowest BCUT2D eigenvalue weighted by Crippen LogP contribution is -2.22. The van der Waals surface area contributed by atoms with Gasteiger partial charge in [0.05, 0.1) is 32.6 Å². The molecule has 0 unspecified atom stereocenters. The first-order valence-corrected chi connectivity index (χ1v) is 9.17. The first-order chi connectivity index (χ1) is 14.9. The summed E-state index contributed by atoms with van der Waals surface area (Å²) in [6.45, 7) is 1.45. The Labute approximate surface area is 177 Å². The van der Waals surface area contributed by atoms with Gasteiger partial charge < -0.3 is 28.7 Å². The molecule has 162 valence electrons. The lowest BCUT2D eigenvalue weighted by atomic mass is 10.1. The van der Waals surface area contributed by atoms with Gasteiger partial charge in [-0.15, -0.1) is 0 Å². The monoisotopic (exact) mass is 427 g/mol. The maximum atomic E-state index is 12.4. The second kappa shape index (κ2) is 9.21. The van der Waals surface area contributed by atoms with Crippen LogP contribution in [0.15, 0.2) is 45.6 Å². The Bertz CT molecular complexity index is 1200. The minimum Gasteiger partial charge on any atom is -0.493 e. The van der Waals surface area contributed by atoms with Crippen molar-refractivity contribution in [2.45, 2.75) is 6.92 Å². The van der Waals surface area contributed by atoms with Gasteiger partial charge in [-0.25, -0.2) is 9.59 Å². The van der Waals surface area contributed by atoms with Gasteiger partial charge in [-0.05, 0) is 24.6 Å². The predicted molar refractivity (Wildman–Crippen MR) is 112 cm³/mol. The maximum Gasteiger partial charge on any atom is 0.340 e. The summed E-state index contributed by atoms with van der Waals surface area (Å²) in [5.74, 6) is -0.200. The van der Waals surface area contributed by atoms with E-state index >= 15 is 0 Å². The van der Waals surface area contributed by atoms with E-state index in [4.69, 9.17) is 23.4 Å². The zero-order chi connectivity index (χ0) is 22.5. The summed E-state index contributed by atoms with van der Waals surface area (Å²) in [5, 5.41) is 3.37. The average molecular weight is 427 g/mol. The van der Waals surface area contributed by atoms with Gasteiger partial charge in [-0.1, -0.05) is 0 Å². The number of carbonyl (C=O) groups is 2. The molecule has 0 fully saturated rings. The van der Waals surface area contributed by atoms with Gasteiger partial charge in [0.2, 0.25) is 0 Å². The van der Waals surface area contributed by atoms with Crippen molar-refractivity contribution < 1.29 is 33.0 Å². The third kappa shape index (κ3) is 4.77. The van der Waals surface area contributed by atoms with Crippen molar-refractivity contribution in [1.82, 2.24) is 0 Å². The van der Waals surface area contributed by atoms with E-state index in [0.29, 0.717) is 22.8 Å². The number of amides is 1. The largest absolute Gasteiger partial charge is 0.493 e. The molecule has 0 atom stereocenters. The van der Waals surface area contributed by atoms with E-state index in [0.717, 1.165) is 10.9 Å². The zero-order valence-electron chi connectivity index (χ0n) is 17.4. The molecule has 0 radical (unpaired) electrons. The van der Waals surface area contributed by atoms with Crippen LogP contribution in [0.3, 0.4) is 0 Å². The van der Waals surface area contributed by atoms with E-state index < -0.39 is 17.5 Å². The molecule has 0 saturated heterocycles. The van der Waals surface area contributed by atoms with Crippen LogP contribution in [-0.2, 0) is 9.53 Å². The Kier molecular flexibility index (Phi) is 6.44. The van der Waals surface area contributed by atoms with Crippen molar-refractivity contribution in [2.24, 2.45) is 0 Å². The highest BCUT2D eigenvalue weighted by atomic mass is 16.5. The normalized spacial score (nSPS) is 10.5. The third-order valence-electron chi connectivity index (χ3n) is 4.50. The number of nitrogens with one attached hydrogen (secondary N) is 1. The van der Waals surface area contributed by atoms with Gasteiger partial charge in [0.15, 0.2) is 18.1 Å². The molecule has 1 N–H and O–H groups in total. The summed E-state index contributed by atoms with van der Waals surface area (Å²) in [4.78, 5) is 36.1. The van der Waals surface area contributed by atoms with Gasteiger partial charge >= 0.3 is 11.6 Å². The number of esters is 1. The summed E-state index contributed by atoms with van der Waals surface area (Å²) in [6.07, 6.45) is 0. The van der Waals surface area contributed by atoms with Crippen LogP contribution >= 0.6 is 0 Å². The number of ether oxygens (including phenoxy) is 4. The molecule has 3 rings (SSSR count). The highest BCUT2D eigenvalue weighted by Gasteiger charge is 2.19. The molecule has 0 saturated carbocycles. The number of methoxy groups -OCH3 is 3. The molecule has 9 heteroatoms. The maximum absolute atomic E-state index is 12.4. The molecule has 1 aromatic heterocycles. The fourth-order valence-electron chi connectivity index (χ4n) is 2.99. The summed E-state index contributed by atoms with van der Waals surface area (Å²) in [5.41, 5.74) is 0.938. The molecular formula is C22H21NO8. The Hall–Kier alpha value is -4.01. The highest BCUT2D eigenvalue weighted by Crippen LogP contribution is 2.33. The summed E-state index contributed by atoms with van der Waals surface area (Å²) < 4.78 is 25.9. The number of aryl methyl sites for hydroxylation is 1. The number of rotatable bonds is 7. The summed E-state index contributed by atoms with van der Waals surface area (Å²) in [6, 6.07) is 9.21. The van der Waals surface area contributed by atoms with Crippen molar-refractivity contribution in [2.75, 3.05) is 33.3 Å². The molecule has 1 amide bonds. The molecule has 1 heterocycles. The topological polar surface area (TPSA) is 113 Å². The van der Waals surface area contributed by atoms with E-state index in [2.05, 4.69) is 5.32 Å². The van der Waals surface area contributed by atoms with Crippen LogP contribution in [-0.4, -0.2) is 39.8 Å². The third-order valence-corrected chi connectivity index (χ3v) is 4.50. The van der Waals surface area contributed by atoms with Crippen molar-refractivity contribution in [1.29, 1.82) is 0 Å². The number of benzene rings is 2. The molecule has 0 aliphatic carbocycles. The van der Waals surface area contributed by atoms with Crippen molar-refractivity contribution >= 4 is 28.5 Å². The highest BCUT2D eigenvalue weighted by molar-refractivity contribution is 6.02. The van der Waals surface area contributed by atoms with E-state index in [1.807, 2.05) is 0 Å². The lowest BCUT2D eigenvalue weighted by molar-refractivity contribution is -0.118. The molecule has 2 aromatic carbocycles. The second-order valence-electron chi connectivity index (χ2n) is 6.49. The number of fused-ring (bicyclic) bond motifs is 1. The van der Waals surface area contributed by atoms with Crippen molar-refractivity contribution in [3.05, 3.63) is 57.9 Å². The van der Waals surface area contributed by atoms with E-state index in [9.17, 15) is 14.4 Å². The van der Waals surface area contributed by atoms with Crippen LogP contribution in [0.25, 0.3) is 11.0 Å². The number of hydrogen-bond donors (Lipinski definition) is 1. The standard InChI is InChI=1S/C22H21NO8/c1-12-7-21(25)31-17-8-13(5-6-14(12)17)30-11-20(24)23-16-10-19(28-3)18(27-2)9-15(16)22(26)29-4/h5-10H,11H2,1-4H3,(H,23,24). The first-order valence-electron chi connectivity index (χ1n) is 9.17. The molecule has 3 aromatic rings. The lowest BCUT2D eigenvalue weighted by Gasteiger charge is -2.15. The number of carbonyl (C=O) groups excluding carboxylic acids is 2. The fraction of sp³-hybridized carbons (Fsp3) is 0.227. The SMILES string of the molecule is COC(=O)c1cc(OC)c(OC)cc1NC(=O)COc1ccc2c(C)cc(=O)oc2c1. The first kappa shape index (κ1) is 21.7. The smallest absolute Gasteiger partial charge is 0.340 e. The van der Waals surface area contributed by atoms with Crippen molar-refractivity contribution in [3.8, 4) is 17.2 Å². The van der Waals surface area contributed by atoms with Gasteiger partial charge in [0.25, 0.3) is 5.91 Å². The second-order valence-corrected chi connectivity index (χ2v) is 6.49. The van der Waals surface area contributed by atoms with E-state index in [1.54, 1.807) is 19.1 Å². The van der Waals surface area contributed by atoms with E-state index in [1.165, 1.54) is 45.6 Å². The number of anilines is 1. The van der Waals surface area contributed by atoms with Crippen LogP contribution in [0.2, 0.25) is 0 Å². The average Bonchev–Trinajstić information content (AvgIpc) is 2.76. The summed E-state index contributed by atoms with van der Waals surface area (Å²) >= 11 is 0. The molecule has 0 aliphatic rings. The van der Waals surface area contributed by atoms with Gasteiger partial charge in [0.1, 0.15) is 11.3 Å². The van der Waals surface area contributed by atoms with Crippen molar-refractivity contribution in [3.63, 3.8) is 0 Å². The Morgan fingerprint density at radius 2 is 1.71 bits per heavy atom. The van der Waals surface area contributed by atoms with Crippen LogP contribution in [0.5, 0.6) is 17.2 Å².